The molecule has 0 amide bonds. The lowest BCUT2D eigenvalue weighted by Crippen LogP contribution is -2.08. The van der Waals surface area contributed by atoms with E-state index in [1.807, 2.05) is 0 Å². The minimum Gasteiger partial charge on any atom is -0.393 e. The molecule has 0 aromatic heterocycles. The summed E-state index contributed by atoms with van der Waals surface area (Å²) < 4.78 is 4.52. The van der Waals surface area contributed by atoms with Crippen molar-refractivity contribution in [3.05, 3.63) is 0 Å². The molecular weight excluding hydrogens is 336 g/mol. The van der Waals surface area contributed by atoms with Crippen LogP contribution in [0, 0.1) is 5.92 Å². The Morgan fingerprint density at radius 1 is 0.630 bits per heavy atom. The third-order valence-corrected chi connectivity index (χ3v) is 5.43. The van der Waals surface area contributed by atoms with Crippen molar-refractivity contribution in [3.8, 4) is 0 Å². The zero-order chi connectivity index (χ0) is 20.2. The summed E-state index contributed by atoms with van der Waals surface area (Å²) >= 11 is 0. The van der Waals surface area contributed by atoms with Crippen LogP contribution in [0.25, 0.3) is 0 Å². The fourth-order valence-corrected chi connectivity index (χ4v) is 3.76. The average molecular weight is 383 g/mol. The Morgan fingerprint density at radius 3 is 1.59 bits per heavy atom. The van der Waals surface area contributed by atoms with Crippen LogP contribution in [-0.4, -0.2) is 11.9 Å². The second-order valence-corrected chi connectivity index (χ2v) is 8.19. The van der Waals surface area contributed by atoms with Gasteiger partial charge in [-0.05, 0) is 12.3 Å². The Kier molecular flexibility index (Phi) is 19.3. The summed E-state index contributed by atoms with van der Waals surface area (Å²) in [5.41, 5.74) is 0. The van der Waals surface area contributed by atoms with Crippen molar-refractivity contribution >= 4 is 11.9 Å². The molecular formula is C24H46O3. The highest BCUT2D eigenvalue weighted by Crippen LogP contribution is 2.23. The third-order valence-electron chi connectivity index (χ3n) is 5.43. The van der Waals surface area contributed by atoms with Gasteiger partial charge in [-0.1, -0.05) is 117 Å². The summed E-state index contributed by atoms with van der Waals surface area (Å²) in [6.45, 7) is 5.87. The van der Waals surface area contributed by atoms with Crippen LogP contribution < -0.4 is 0 Å². The van der Waals surface area contributed by atoms with E-state index in [2.05, 4.69) is 18.6 Å². The SMILES string of the molecule is CCCCCCC(CCCC)CCCCCCCCCCC(=O)OC(C)=O. The fourth-order valence-electron chi connectivity index (χ4n) is 3.76. The lowest BCUT2D eigenvalue weighted by Gasteiger charge is -2.16. The van der Waals surface area contributed by atoms with Crippen molar-refractivity contribution in [2.24, 2.45) is 5.92 Å². The predicted molar refractivity (Wildman–Crippen MR) is 115 cm³/mol. The minimum absolute atomic E-state index is 0.372. The molecule has 0 bridgehead atoms. The molecule has 27 heavy (non-hydrogen) atoms. The highest BCUT2D eigenvalue weighted by Gasteiger charge is 2.08. The zero-order valence-electron chi connectivity index (χ0n) is 18.5. The van der Waals surface area contributed by atoms with Gasteiger partial charge >= 0.3 is 11.9 Å². The van der Waals surface area contributed by atoms with Crippen molar-refractivity contribution in [3.63, 3.8) is 0 Å². The van der Waals surface area contributed by atoms with Gasteiger partial charge in [0.15, 0.2) is 0 Å². The van der Waals surface area contributed by atoms with Crippen molar-refractivity contribution < 1.29 is 14.3 Å². The van der Waals surface area contributed by atoms with E-state index in [0.29, 0.717) is 6.42 Å². The molecule has 0 N–H and O–H groups in total. The molecule has 0 radical (unpaired) electrons. The van der Waals surface area contributed by atoms with Gasteiger partial charge in [0.2, 0.25) is 0 Å². The lowest BCUT2D eigenvalue weighted by atomic mass is 9.90. The highest BCUT2D eigenvalue weighted by molar-refractivity contribution is 5.83. The van der Waals surface area contributed by atoms with Crippen LogP contribution in [0.2, 0.25) is 0 Å². The fraction of sp³-hybridized carbons (Fsp3) is 0.917. The van der Waals surface area contributed by atoms with E-state index in [4.69, 9.17) is 0 Å². The quantitative estimate of drug-likeness (QED) is 0.130. The molecule has 3 heteroatoms. The van der Waals surface area contributed by atoms with Crippen LogP contribution in [0.1, 0.15) is 136 Å². The van der Waals surface area contributed by atoms with E-state index in [-0.39, 0.29) is 5.97 Å². The van der Waals surface area contributed by atoms with E-state index in [9.17, 15) is 9.59 Å². The molecule has 0 aliphatic carbocycles. The maximum Gasteiger partial charge on any atom is 0.313 e. The molecule has 0 aliphatic rings. The third kappa shape index (κ3) is 19.7. The Balaban J connectivity index is 3.52. The number of carbonyl (C=O) groups is 2. The van der Waals surface area contributed by atoms with E-state index in [1.165, 1.54) is 103 Å². The standard InChI is InChI=1S/C24H46O3/c1-4-6-8-15-19-23(18-7-5-2)20-16-13-11-9-10-12-14-17-21-24(26)27-22(3)25/h23H,4-21H2,1-3H3. The Bertz CT molecular complexity index is 352. The van der Waals surface area contributed by atoms with Gasteiger partial charge in [-0.3, -0.25) is 9.59 Å². The first-order valence-corrected chi connectivity index (χ1v) is 11.8. The molecule has 0 saturated heterocycles. The Labute approximate surface area is 169 Å². The molecule has 0 aromatic carbocycles. The van der Waals surface area contributed by atoms with Gasteiger partial charge in [0.25, 0.3) is 0 Å². The number of hydrogen-bond acceptors (Lipinski definition) is 3. The number of hydrogen-bond donors (Lipinski definition) is 0. The number of esters is 2. The molecule has 160 valence electrons. The van der Waals surface area contributed by atoms with Gasteiger partial charge in [-0.25, -0.2) is 0 Å². The summed E-state index contributed by atoms with van der Waals surface area (Å²) in [5, 5.41) is 0. The van der Waals surface area contributed by atoms with Crippen LogP contribution in [0.5, 0.6) is 0 Å². The van der Waals surface area contributed by atoms with E-state index in [1.54, 1.807) is 0 Å². The van der Waals surface area contributed by atoms with Crippen molar-refractivity contribution in [1.29, 1.82) is 0 Å². The maximum absolute atomic E-state index is 11.2. The van der Waals surface area contributed by atoms with Crippen LogP contribution in [0.3, 0.4) is 0 Å². The van der Waals surface area contributed by atoms with Gasteiger partial charge in [0.1, 0.15) is 0 Å². The molecule has 0 heterocycles. The van der Waals surface area contributed by atoms with Gasteiger partial charge in [0, 0.05) is 13.3 Å². The predicted octanol–water partition coefficient (Wildman–Crippen LogP) is 7.75. The summed E-state index contributed by atoms with van der Waals surface area (Å²) in [7, 11) is 0. The first kappa shape index (κ1) is 26.1. The van der Waals surface area contributed by atoms with Gasteiger partial charge in [-0.2, -0.15) is 0 Å². The lowest BCUT2D eigenvalue weighted by molar-refractivity contribution is -0.158. The first-order chi connectivity index (χ1) is 13.1. The van der Waals surface area contributed by atoms with Gasteiger partial charge in [-0.15, -0.1) is 0 Å². The average Bonchev–Trinajstić information content (AvgIpc) is 2.63. The summed E-state index contributed by atoms with van der Waals surface area (Å²) in [4.78, 5) is 21.9. The molecule has 3 nitrogen and oxygen atoms in total. The number of unbranched alkanes of at least 4 members (excludes halogenated alkanes) is 11. The highest BCUT2D eigenvalue weighted by atomic mass is 16.6. The molecule has 0 rings (SSSR count). The largest absolute Gasteiger partial charge is 0.393 e. The molecule has 1 atom stereocenters. The number of ether oxygens (including phenoxy) is 1. The van der Waals surface area contributed by atoms with Crippen molar-refractivity contribution in [1.82, 2.24) is 0 Å². The molecule has 1 unspecified atom stereocenters. The smallest absolute Gasteiger partial charge is 0.313 e. The number of carbonyl (C=O) groups excluding carboxylic acids is 2. The number of rotatable bonds is 19. The monoisotopic (exact) mass is 382 g/mol. The molecule has 0 saturated carbocycles. The van der Waals surface area contributed by atoms with E-state index in [0.717, 1.165) is 18.8 Å². The van der Waals surface area contributed by atoms with Crippen molar-refractivity contribution in [2.45, 2.75) is 136 Å². The van der Waals surface area contributed by atoms with Gasteiger partial charge < -0.3 is 4.74 Å². The summed E-state index contributed by atoms with van der Waals surface area (Å²) in [6, 6.07) is 0. The Hall–Kier alpha value is -0.860. The van der Waals surface area contributed by atoms with Crippen LogP contribution in [0.4, 0.5) is 0 Å². The van der Waals surface area contributed by atoms with Crippen LogP contribution in [-0.2, 0) is 14.3 Å². The molecule has 0 aliphatic heterocycles. The van der Waals surface area contributed by atoms with Crippen LogP contribution in [0.15, 0.2) is 0 Å². The second kappa shape index (κ2) is 19.9. The van der Waals surface area contributed by atoms with E-state index >= 15 is 0 Å². The normalized spacial score (nSPS) is 12.1. The molecule has 0 aromatic rings. The van der Waals surface area contributed by atoms with Gasteiger partial charge in [0.05, 0.1) is 0 Å². The van der Waals surface area contributed by atoms with E-state index < -0.39 is 5.97 Å². The Morgan fingerprint density at radius 2 is 1.07 bits per heavy atom. The second-order valence-electron chi connectivity index (χ2n) is 8.19. The minimum atomic E-state index is -0.502. The maximum atomic E-state index is 11.2. The first-order valence-electron chi connectivity index (χ1n) is 11.8. The molecule has 0 spiro atoms. The zero-order valence-corrected chi connectivity index (χ0v) is 18.5. The summed E-state index contributed by atoms with van der Waals surface area (Å²) in [6.07, 6.45) is 22.8. The van der Waals surface area contributed by atoms with Crippen molar-refractivity contribution in [2.75, 3.05) is 0 Å². The summed E-state index contributed by atoms with van der Waals surface area (Å²) in [5.74, 6) is 0.0873. The van der Waals surface area contributed by atoms with Crippen LogP contribution >= 0.6 is 0 Å². The topological polar surface area (TPSA) is 43.4 Å². The molecule has 0 fully saturated rings.